The van der Waals surface area contributed by atoms with Gasteiger partial charge in [0.1, 0.15) is 18.0 Å². The summed E-state index contributed by atoms with van der Waals surface area (Å²) in [5, 5.41) is 3.42. The first-order valence-electron chi connectivity index (χ1n) is 6.50. The zero-order chi connectivity index (χ0) is 13.0. The highest BCUT2D eigenvalue weighted by atomic mass is 15.3. The van der Waals surface area contributed by atoms with Crippen LogP contribution in [0.25, 0.3) is 0 Å². The number of hydrazine groups is 1. The van der Waals surface area contributed by atoms with Gasteiger partial charge in [-0.05, 0) is 32.9 Å². The van der Waals surface area contributed by atoms with E-state index in [2.05, 4.69) is 39.6 Å². The molecule has 6 heteroatoms. The van der Waals surface area contributed by atoms with Gasteiger partial charge in [-0.2, -0.15) is 0 Å². The average molecular weight is 250 g/mol. The molecule has 1 unspecified atom stereocenters. The molecule has 18 heavy (non-hydrogen) atoms. The Balaban J connectivity index is 2.04. The van der Waals surface area contributed by atoms with E-state index in [1.54, 1.807) is 0 Å². The molecule has 4 N–H and O–H groups in total. The number of anilines is 2. The maximum Gasteiger partial charge on any atom is 0.148 e. The van der Waals surface area contributed by atoms with Gasteiger partial charge >= 0.3 is 0 Å². The van der Waals surface area contributed by atoms with E-state index in [9.17, 15) is 0 Å². The van der Waals surface area contributed by atoms with Crippen molar-refractivity contribution >= 4 is 11.6 Å². The van der Waals surface area contributed by atoms with Crippen LogP contribution in [0.1, 0.15) is 25.3 Å². The number of hydrogen-bond donors (Lipinski definition) is 3. The van der Waals surface area contributed by atoms with Crippen molar-refractivity contribution in [2.75, 3.05) is 30.9 Å². The summed E-state index contributed by atoms with van der Waals surface area (Å²) in [4.78, 5) is 10.8. The third-order valence-electron chi connectivity index (χ3n) is 3.61. The number of likely N-dealkylation sites (tertiary alicyclic amines) is 1. The molecule has 0 amide bonds. The molecule has 1 saturated heterocycles. The van der Waals surface area contributed by atoms with Crippen molar-refractivity contribution in [2.24, 2.45) is 5.84 Å². The molecular weight excluding hydrogens is 228 g/mol. The van der Waals surface area contributed by atoms with Crippen LogP contribution in [-0.2, 0) is 6.42 Å². The zero-order valence-corrected chi connectivity index (χ0v) is 11.1. The second-order valence-electron chi connectivity index (χ2n) is 4.70. The molecule has 0 radical (unpaired) electrons. The van der Waals surface area contributed by atoms with Crippen LogP contribution in [0.5, 0.6) is 0 Å². The first-order chi connectivity index (χ1) is 8.76. The van der Waals surface area contributed by atoms with Gasteiger partial charge in [0.25, 0.3) is 0 Å². The molecule has 2 rings (SSSR count). The number of nitrogens with two attached hydrogens (primary N) is 1. The second kappa shape index (κ2) is 5.97. The molecule has 0 saturated carbocycles. The van der Waals surface area contributed by atoms with E-state index >= 15 is 0 Å². The summed E-state index contributed by atoms with van der Waals surface area (Å²) < 4.78 is 0. The lowest BCUT2D eigenvalue weighted by molar-refractivity contribution is 0.322. The van der Waals surface area contributed by atoms with Gasteiger partial charge in [0.15, 0.2) is 0 Å². The standard InChI is InChI=1S/C12H22N6/c1-3-10-11(15-8-16-12(10)17-13)14-7-9-5-4-6-18(9)2/h8-9H,3-7,13H2,1-2H3,(H2,14,15,16,17). The molecule has 1 aromatic heterocycles. The molecule has 0 aliphatic carbocycles. The van der Waals surface area contributed by atoms with Crippen molar-refractivity contribution in [3.8, 4) is 0 Å². The molecule has 2 heterocycles. The van der Waals surface area contributed by atoms with Crippen molar-refractivity contribution in [2.45, 2.75) is 32.2 Å². The van der Waals surface area contributed by atoms with Crippen LogP contribution < -0.4 is 16.6 Å². The van der Waals surface area contributed by atoms with E-state index in [1.165, 1.54) is 25.7 Å². The Morgan fingerprint density at radius 1 is 1.44 bits per heavy atom. The SMILES string of the molecule is CCc1c(NN)ncnc1NCC1CCCN1C. The summed E-state index contributed by atoms with van der Waals surface area (Å²) in [6.45, 7) is 4.18. The van der Waals surface area contributed by atoms with Gasteiger partial charge in [0, 0.05) is 18.2 Å². The van der Waals surface area contributed by atoms with Gasteiger partial charge in [-0.25, -0.2) is 15.8 Å². The van der Waals surface area contributed by atoms with Crippen molar-refractivity contribution in [3.63, 3.8) is 0 Å². The molecule has 1 aliphatic rings. The van der Waals surface area contributed by atoms with E-state index in [1.807, 2.05) is 0 Å². The van der Waals surface area contributed by atoms with Crippen LogP contribution in [0.3, 0.4) is 0 Å². The van der Waals surface area contributed by atoms with Crippen molar-refractivity contribution < 1.29 is 0 Å². The maximum absolute atomic E-state index is 5.46. The quantitative estimate of drug-likeness (QED) is 0.530. The number of nitrogen functional groups attached to an aromatic ring is 1. The molecule has 0 bridgehead atoms. The Morgan fingerprint density at radius 2 is 2.22 bits per heavy atom. The lowest BCUT2D eigenvalue weighted by Gasteiger charge is -2.21. The Bertz CT molecular complexity index is 394. The normalized spacial score (nSPS) is 20.1. The van der Waals surface area contributed by atoms with E-state index in [4.69, 9.17) is 5.84 Å². The smallest absolute Gasteiger partial charge is 0.148 e. The molecule has 1 fully saturated rings. The van der Waals surface area contributed by atoms with Crippen LogP contribution in [0.2, 0.25) is 0 Å². The average Bonchev–Trinajstić information content (AvgIpc) is 2.81. The van der Waals surface area contributed by atoms with Gasteiger partial charge in [-0.3, -0.25) is 0 Å². The Morgan fingerprint density at radius 3 is 2.83 bits per heavy atom. The highest BCUT2D eigenvalue weighted by Crippen LogP contribution is 2.21. The first-order valence-corrected chi connectivity index (χ1v) is 6.50. The fraction of sp³-hybridized carbons (Fsp3) is 0.667. The Labute approximate surface area is 108 Å². The summed E-state index contributed by atoms with van der Waals surface area (Å²) in [7, 11) is 2.17. The van der Waals surface area contributed by atoms with Crippen LogP contribution in [0.4, 0.5) is 11.6 Å². The minimum atomic E-state index is 0.596. The van der Waals surface area contributed by atoms with E-state index in [-0.39, 0.29) is 0 Å². The monoisotopic (exact) mass is 250 g/mol. The fourth-order valence-electron chi connectivity index (χ4n) is 2.48. The first kappa shape index (κ1) is 13.0. The molecule has 0 spiro atoms. The lowest BCUT2D eigenvalue weighted by Crippen LogP contribution is -2.32. The van der Waals surface area contributed by atoms with Gasteiger partial charge in [-0.1, -0.05) is 6.92 Å². The minimum absolute atomic E-state index is 0.596. The van der Waals surface area contributed by atoms with Crippen molar-refractivity contribution in [1.82, 2.24) is 14.9 Å². The highest BCUT2D eigenvalue weighted by molar-refractivity contribution is 5.56. The number of hydrogen-bond acceptors (Lipinski definition) is 6. The minimum Gasteiger partial charge on any atom is -0.368 e. The van der Waals surface area contributed by atoms with Crippen LogP contribution in [0.15, 0.2) is 6.33 Å². The summed E-state index contributed by atoms with van der Waals surface area (Å²) in [6.07, 6.45) is 4.92. The molecule has 1 atom stereocenters. The summed E-state index contributed by atoms with van der Waals surface area (Å²) >= 11 is 0. The van der Waals surface area contributed by atoms with Gasteiger partial charge in [-0.15, -0.1) is 0 Å². The molecular formula is C12H22N6. The summed E-state index contributed by atoms with van der Waals surface area (Å²) in [6, 6.07) is 0.596. The third-order valence-corrected chi connectivity index (χ3v) is 3.61. The topological polar surface area (TPSA) is 79.1 Å². The molecule has 1 aliphatic heterocycles. The number of aromatic nitrogens is 2. The third kappa shape index (κ3) is 2.70. The van der Waals surface area contributed by atoms with Crippen LogP contribution >= 0.6 is 0 Å². The van der Waals surface area contributed by atoms with Crippen LogP contribution in [0, 0.1) is 0 Å². The molecule has 1 aromatic rings. The molecule has 0 aromatic carbocycles. The maximum atomic E-state index is 5.46. The zero-order valence-electron chi connectivity index (χ0n) is 11.1. The number of nitrogens with one attached hydrogen (secondary N) is 2. The lowest BCUT2D eigenvalue weighted by atomic mass is 10.2. The predicted octanol–water partition coefficient (Wildman–Crippen LogP) is 0.831. The molecule has 100 valence electrons. The second-order valence-corrected chi connectivity index (χ2v) is 4.70. The van der Waals surface area contributed by atoms with Crippen LogP contribution in [-0.4, -0.2) is 41.0 Å². The number of likely N-dealkylation sites (N-methyl/N-ethyl adjacent to an activating group) is 1. The van der Waals surface area contributed by atoms with E-state index in [0.717, 1.165) is 24.3 Å². The fourth-order valence-corrected chi connectivity index (χ4v) is 2.48. The van der Waals surface area contributed by atoms with E-state index in [0.29, 0.717) is 11.9 Å². The Hall–Kier alpha value is -1.40. The summed E-state index contributed by atoms with van der Waals surface area (Å²) in [5.74, 6) is 7.05. The summed E-state index contributed by atoms with van der Waals surface area (Å²) in [5.41, 5.74) is 3.66. The number of rotatable bonds is 5. The van der Waals surface area contributed by atoms with E-state index < -0.39 is 0 Å². The molecule has 6 nitrogen and oxygen atoms in total. The predicted molar refractivity (Wildman–Crippen MR) is 73.4 cm³/mol. The van der Waals surface area contributed by atoms with Gasteiger partial charge in [0.2, 0.25) is 0 Å². The highest BCUT2D eigenvalue weighted by Gasteiger charge is 2.21. The number of nitrogens with zero attached hydrogens (tertiary/aromatic N) is 3. The van der Waals surface area contributed by atoms with Crippen molar-refractivity contribution in [3.05, 3.63) is 11.9 Å². The van der Waals surface area contributed by atoms with Crippen molar-refractivity contribution in [1.29, 1.82) is 0 Å². The largest absolute Gasteiger partial charge is 0.368 e. The van der Waals surface area contributed by atoms with Gasteiger partial charge < -0.3 is 15.6 Å². The Kier molecular flexibility index (Phi) is 4.33. The van der Waals surface area contributed by atoms with Gasteiger partial charge in [0.05, 0.1) is 0 Å².